The predicted octanol–water partition coefficient (Wildman–Crippen LogP) is 3.56. The average Bonchev–Trinajstić information content (AvgIpc) is 2.98. The molecule has 130 valence electrons. The summed E-state index contributed by atoms with van der Waals surface area (Å²) < 4.78 is 5.24. The molecule has 1 unspecified atom stereocenters. The van der Waals surface area contributed by atoms with Gasteiger partial charge in [0.25, 0.3) is 0 Å². The lowest BCUT2D eigenvalue weighted by molar-refractivity contribution is -0.124. The molecule has 0 bridgehead atoms. The largest absolute Gasteiger partial charge is 0.355 e. The second kappa shape index (κ2) is 7.79. The molecule has 1 aromatic heterocycles. The number of carbonyl (C=O) groups is 1. The van der Waals surface area contributed by atoms with Gasteiger partial charge in [-0.15, -0.1) is 0 Å². The highest BCUT2D eigenvalue weighted by molar-refractivity contribution is 6.30. The summed E-state index contributed by atoms with van der Waals surface area (Å²) in [6.07, 6.45) is 1.23. The standard InChI is InChI=1S/C18H24ClN3O2/c1-12(11-13-5-7-14(19)8-6-13)16(23)20-10-9-15-21-17(24-22-15)18(2,3)4/h5-8,12H,9-11H2,1-4H3,(H,20,23). The number of nitrogens with zero attached hydrogens (tertiary/aromatic N) is 2. The number of nitrogens with one attached hydrogen (secondary N) is 1. The number of carbonyl (C=O) groups excluding carboxylic acids is 1. The van der Waals surface area contributed by atoms with Gasteiger partial charge in [0.05, 0.1) is 0 Å². The molecule has 1 heterocycles. The van der Waals surface area contributed by atoms with Crippen LogP contribution in [0, 0.1) is 5.92 Å². The smallest absolute Gasteiger partial charge is 0.232 e. The zero-order valence-corrected chi connectivity index (χ0v) is 15.4. The molecule has 0 aliphatic carbocycles. The van der Waals surface area contributed by atoms with Crippen LogP contribution in [0.25, 0.3) is 0 Å². The van der Waals surface area contributed by atoms with E-state index in [1.807, 2.05) is 52.0 Å². The van der Waals surface area contributed by atoms with Gasteiger partial charge in [0.15, 0.2) is 5.82 Å². The highest BCUT2D eigenvalue weighted by atomic mass is 35.5. The third kappa shape index (κ3) is 5.34. The van der Waals surface area contributed by atoms with Crippen LogP contribution in [0.1, 0.15) is 45.0 Å². The van der Waals surface area contributed by atoms with Gasteiger partial charge in [-0.3, -0.25) is 4.79 Å². The van der Waals surface area contributed by atoms with Gasteiger partial charge in [-0.05, 0) is 24.1 Å². The maximum Gasteiger partial charge on any atom is 0.232 e. The molecule has 6 heteroatoms. The molecule has 0 saturated carbocycles. The number of hydrogen-bond donors (Lipinski definition) is 1. The molecule has 0 radical (unpaired) electrons. The van der Waals surface area contributed by atoms with Crippen molar-refractivity contribution in [1.82, 2.24) is 15.5 Å². The van der Waals surface area contributed by atoms with Crippen LogP contribution in [0.15, 0.2) is 28.8 Å². The van der Waals surface area contributed by atoms with Crippen molar-refractivity contribution < 1.29 is 9.32 Å². The van der Waals surface area contributed by atoms with Crippen LogP contribution in [0.2, 0.25) is 5.02 Å². The van der Waals surface area contributed by atoms with Crippen LogP contribution < -0.4 is 5.32 Å². The van der Waals surface area contributed by atoms with E-state index in [1.165, 1.54) is 0 Å². The molecule has 0 saturated heterocycles. The third-order valence-electron chi connectivity index (χ3n) is 3.66. The summed E-state index contributed by atoms with van der Waals surface area (Å²) in [5.74, 6) is 1.14. The topological polar surface area (TPSA) is 68.0 Å². The van der Waals surface area contributed by atoms with Crippen molar-refractivity contribution in [2.45, 2.75) is 46.0 Å². The minimum absolute atomic E-state index is 0.0180. The Morgan fingerprint density at radius 3 is 2.54 bits per heavy atom. The number of aromatic nitrogens is 2. The first kappa shape index (κ1) is 18.5. The van der Waals surface area contributed by atoms with E-state index < -0.39 is 0 Å². The monoisotopic (exact) mass is 349 g/mol. The summed E-state index contributed by atoms with van der Waals surface area (Å²) in [5.41, 5.74) is 0.928. The zero-order valence-electron chi connectivity index (χ0n) is 14.6. The van der Waals surface area contributed by atoms with Crippen molar-refractivity contribution in [3.05, 3.63) is 46.6 Å². The first-order chi connectivity index (χ1) is 11.3. The Bertz CT molecular complexity index is 674. The molecule has 0 aliphatic rings. The van der Waals surface area contributed by atoms with Crippen LogP contribution in [-0.2, 0) is 23.1 Å². The number of benzene rings is 1. The van der Waals surface area contributed by atoms with Crippen molar-refractivity contribution >= 4 is 17.5 Å². The summed E-state index contributed by atoms with van der Waals surface area (Å²) >= 11 is 5.87. The van der Waals surface area contributed by atoms with E-state index in [4.69, 9.17) is 16.1 Å². The Morgan fingerprint density at radius 1 is 1.29 bits per heavy atom. The molecular formula is C18H24ClN3O2. The van der Waals surface area contributed by atoms with Gasteiger partial charge < -0.3 is 9.84 Å². The highest BCUT2D eigenvalue weighted by Crippen LogP contribution is 2.19. The quantitative estimate of drug-likeness (QED) is 0.865. The molecule has 2 rings (SSSR count). The third-order valence-corrected chi connectivity index (χ3v) is 3.91. The maximum atomic E-state index is 12.2. The number of halogens is 1. The Labute approximate surface area is 147 Å². The van der Waals surface area contributed by atoms with E-state index >= 15 is 0 Å². The Balaban J connectivity index is 1.78. The molecule has 0 spiro atoms. The highest BCUT2D eigenvalue weighted by Gasteiger charge is 2.21. The zero-order chi connectivity index (χ0) is 17.7. The Morgan fingerprint density at radius 2 is 1.96 bits per heavy atom. The number of rotatable bonds is 6. The van der Waals surface area contributed by atoms with E-state index in [2.05, 4.69) is 15.5 Å². The van der Waals surface area contributed by atoms with Gasteiger partial charge in [-0.1, -0.05) is 56.6 Å². The molecule has 1 aromatic carbocycles. The normalized spacial score (nSPS) is 12.9. The van der Waals surface area contributed by atoms with Crippen molar-refractivity contribution in [1.29, 1.82) is 0 Å². The number of hydrogen-bond acceptors (Lipinski definition) is 4. The minimum Gasteiger partial charge on any atom is -0.355 e. The van der Waals surface area contributed by atoms with E-state index in [1.54, 1.807) is 0 Å². The lowest BCUT2D eigenvalue weighted by Crippen LogP contribution is -2.32. The second-order valence-electron chi connectivity index (χ2n) is 7.04. The van der Waals surface area contributed by atoms with E-state index in [-0.39, 0.29) is 17.2 Å². The minimum atomic E-state index is -0.165. The molecule has 1 atom stereocenters. The fourth-order valence-electron chi connectivity index (χ4n) is 2.20. The molecule has 24 heavy (non-hydrogen) atoms. The van der Waals surface area contributed by atoms with Crippen molar-refractivity contribution in [3.8, 4) is 0 Å². The van der Waals surface area contributed by atoms with Crippen molar-refractivity contribution in [3.63, 3.8) is 0 Å². The lowest BCUT2D eigenvalue weighted by Gasteiger charge is -2.12. The average molecular weight is 350 g/mol. The fourth-order valence-corrected chi connectivity index (χ4v) is 2.32. The van der Waals surface area contributed by atoms with E-state index in [0.717, 1.165) is 5.56 Å². The van der Waals surface area contributed by atoms with Crippen LogP contribution in [0.4, 0.5) is 0 Å². The SMILES string of the molecule is CC(Cc1ccc(Cl)cc1)C(=O)NCCc1noc(C(C)(C)C)n1. The molecule has 0 aliphatic heterocycles. The van der Waals surface area contributed by atoms with E-state index in [0.29, 0.717) is 36.1 Å². The van der Waals surface area contributed by atoms with Crippen LogP contribution >= 0.6 is 11.6 Å². The van der Waals surface area contributed by atoms with Crippen LogP contribution in [0.5, 0.6) is 0 Å². The molecule has 1 amide bonds. The van der Waals surface area contributed by atoms with Crippen LogP contribution in [0.3, 0.4) is 0 Å². The van der Waals surface area contributed by atoms with E-state index in [9.17, 15) is 4.79 Å². The Hall–Kier alpha value is -1.88. The first-order valence-electron chi connectivity index (χ1n) is 8.11. The van der Waals surface area contributed by atoms with Gasteiger partial charge in [0.2, 0.25) is 11.8 Å². The van der Waals surface area contributed by atoms with Gasteiger partial charge in [-0.25, -0.2) is 0 Å². The molecular weight excluding hydrogens is 326 g/mol. The fraction of sp³-hybridized carbons (Fsp3) is 0.500. The van der Waals surface area contributed by atoms with Gasteiger partial charge >= 0.3 is 0 Å². The first-order valence-corrected chi connectivity index (χ1v) is 8.48. The lowest BCUT2D eigenvalue weighted by atomic mass is 9.97. The molecule has 5 nitrogen and oxygen atoms in total. The molecule has 1 N–H and O–H groups in total. The van der Waals surface area contributed by atoms with Gasteiger partial charge in [0.1, 0.15) is 0 Å². The van der Waals surface area contributed by atoms with Gasteiger partial charge in [0, 0.05) is 29.3 Å². The summed E-state index contributed by atoms with van der Waals surface area (Å²) in [6, 6.07) is 7.56. The van der Waals surface area contributed by atoms with Gasteiger partial charge in [-0.2, -0.15) is 4.98 Å². The summed E-state index contributed by atoms with van der Waals surface area (Å²) in [4.78, 5) is 16.5. The summed E-state index contributed by atoms with van der Waals surface area (Å²) in [7, 11) is 0. The molecule has 2 aromatic rings. The number of amides is 1. The maximum absolute atomic E-state index is 12.2. The molecule has 0 fully saturated rings. The predicted molar refractivity (Wildman–Crippen MR) is 94.0 cm³/mol. The summed E-state index contributed by atoms with van der Waals surface area (Å²) in [5, 5.41) is 7.57. The summed E-state index contributed by atoms with van der Waals surface area (Å²) in [6.45, 7) is 8.46. The second-order valence-corrected chi connectivity index (χ2v) is 7.47. The Kier molecular flexibility index (Phi) is 5.99. The van der Waals surface area contributed by atoms with Crippen LogP contribution in [-0.4, -0.2) is 22.6 Å². The van der Waals surface area contributed by atoms with Crippen molar-refractivity contribution in [2.24, 2.45) is 5.92 Å². The van der Waals surface area contributed by atoms with Crippen molar-refractivity contribution in [2.75, 3.05) is 6.54 Å².